The number of amides is 1. The topological polar surface area (TPSA) is 29.5 Å². The summed E-state index contributed by atoms with van der Waals surface area (Å²) >= 11 is 0. The predicted molar refractivity (Wildman–Crippen MR) is 73.2 cm³/mol. The standard InChI is InChI=1S/C16H18FNO2/c1-20-16-14-5-3-2-4-13(14)15(19)18(16)10-11-6-8-12(17)9-7-11/h6-9,16H,2-5,10H2,1H3. The molecule has 1 aromatic rings. The van der Waals surface area contributed by atoms with Gasteiger partial charge < -0.3 is 9.64 Å². The zero-order valence-electron chi connectivity index (χ0n) is 11.6. The summed E-state index contributed by atoms with van der Waals surface area (Å²) in [4.78, 5) is 14.2. The second-order valence-electron chi connectivity index (χ2n) is 5.36. The second kappa shape index (κ2) is 5.37. The van der Waals surface area contributed by atoms with Crippen LogP contribution in [0.4, 0.5) is 4.39 Å². The van der Waals surface area contributed by atoms with Crippen LogP contribution in [0.25, 0.3) is 0 Å². The SMILES string of the molecule is COC1C2=C(CCCC2)C(=O)N1Cc1ccc(F)cc1. The highest BCUT2D eigenvalue weighted by atomic mass is 19.1. The summed E-state index contributed by atoms with van der Waals surface area (Å²) in [7, 11) is 1.64. The second-order valence-corrected chi connectivity index (χ2v) is 5.36. The van der Waals surface area contributed by atoms with Gasteiger partial charge in [0.05, 0.1) is 0 Å². The van der Waals surface area contributed by atoms with Gasteiger partial charge in [0.25, 0.3) is 5.91 Å². The number of hydrogen-bond donors (Lipinski definition) is 0. The van der Waals surface area contributed by atoms with E-state index in [9.17, 15) is 9.18 Å². The van der Waals surface area contributed by atoms with E-state index in [1.165, 1.54) is 12.1 Å². The van der Waals surface area contributed by atoms with Crippen molar-refractivity contribution in [3.8, 4) is 0 Å². The van der Waals surface area contributed by atoms with Crippen molar-refractivity contribution in [2.75, 3.05) is 7.11 Å². The number of rotatable bonds is 3. The third-order valence-electron chi connectivity index (χ3n) is 4.10. The quantitative estimate of drug-likeness (QED) is 0.848. The van der Waals surface area contributed by atoms with E-state index in [1.54, 1.807) is 24.1 Å². The molecule has 20 heavy (non-hydrogen) atoms. The lowest BCUT2D eigenvalue weighted by atomic mass is 9.93. The molecular weight excluding hydrogens is 257 g/mol. The lowest BCUT2D eigenvalue weighted by Crippen LogP contribution is -2.36. The molecule has 0 saturated heterocycles. The minimum atomic E-state index is -0.262. The summed E-state index contributed by atoms with van der Waals surface area (Å²) in [6, 6.07) is 6.27. The van der Waals surface area contributed by atoms with Gasteiger partial charge in [-0.25, -0.2) is 4.39 Å². The van der Waals surface area contributed by atoms with E-state index in [0.29, 0.717) is 6.54 Å². The Hall–Kier alpha value is -1.68. The van der Waals surface area contributed by atoms with Crippen LogP contribution in [0.2, 0.25) is 0 Å². The first-order valence-corrected chi connectivity index (χ1v) is 7.01. The molecule has 1 aromatic carbocycles. The number of hydrogen-bond acceptors (Lipinski definition) is 2. The molecule has 1 aliphatic carbocycles. The van der Waals surface area contributed by atoms with Crippen LogP contribution in [-0.2, 0) is 16.1 Å². The number of carbonyl (C=O) groups excluding carboxylic acids is 1. The van der Waals surface area contributed by atoms with Crippen molar-refractivity contribution < 1.29 is 13.9 Å². The van der Waals surface area contributed by atoms with E-state index in [0.717, 1.165) is 42.4 Å². The molecule has 1 amide bonds. The van der Waals surface area contributed by atoms with Gasteiger partial charge in [-0.05, 0) is 49.0 Å². The van der Waals surface area contributed by atoms with E-state index < -0.39 is 0 Å². The number of halogens is 1. The molecule has 0 saturated carbocycles. The van der Waals surface area contributed by atoms with Crippen molar-refractivity contribution in [2.45, 2.75) is 38.5 Å². The van der Waals surface area contributed by atoms with Gasteiger partial charge in [-0.2, -0.15) is 0 Å². The Bertz CT molecular complexity index is 550. The smallest absolute Gasteiger partial charge is 0.252 e. The van der Waals surface area contributed by atoms with Crippen molar-refractivity contribution in [1.29, 1.82) is 0 Å². The Labute approximate surface area is 118 Å². The summed E-state index contributed by atoms with van der Waals surface area (Å²) in [6.45, 7) is 0.463. The Balaban J connectivity index is 1.83. The minimum Gasteiger partial charge on any atom is -0.357 e. The normalized spacial score (nSPS) is 22.4. The molecule has 0 aromatic heterocycles. The van der Waals surface area contributed by atoms with Crippen LogP contribution in [0, 0.1) is 5.82 Å². The first-order valence-electron chi connectivity index (χ1n) is 7.01. The largest absolute Gasteiger partial charge is 0.357 e. The third kappa shape index (κ3) is 2.24. The van der Waals surface area contributed by atoms with E-state index in [1.807, 2.05) is 0 Å². The maximum absolute atomic E-state index is 12.9. The van der Waals surface area contributed by atoms with Crippen LogP contribution >= 0.6 is 0 Å². The van der Waals surface area contributed by atoms with Crippen molar-refractivity contribution in [1.82, 2.24) is 4.90 Å². The molecular formula is C16H18FNO2. The summed E-state index contributed by atoms with van der Waals surface area (Å²) in [6.07, 6.45) is 3.75. The molecule has 4 heteroatoms. The lowest BCUT2D eigenvalue weighted by Gasteiger charge is -2.26. The lowest BCUT2D eigenvalue weighted by molar-refractivity contribution is -0.134. The van der Waals surface area contributed by atoms with Crippen LogP contribution in [0.15, 0.2) is 35.4 Å². The van der Waals surface area contributed by atoms with E-state index >= 15 is 0 Å². The molecule has 0 spiro atoms. The number of benzene rings is 1. The van der Waals surface area contributed by atoms with Gasteiger partial charge in [-0.1, -0.05) is 12.1 Å². The molecule has 0 bridgehead atoms. The number of ether oxygens (including phenoxy) is 1. The van der Waals surface area contributed by atoms with E-state index in [-0.39, 0.29) is 18.0 Å². The summed E-state index contributed by atoms with van der Waals surface area (Å²) in [5, 5.41) is 0. The minimum absolute atomic E-state index is 0.0795. The average molecular weight is 275 g/mol. The Morgan fingerprint density at radius 2 is 1.95 bits per heavy atom. The van der Waals surface area contributed by atoms with Crippen molar-refractivity contribution in [3.05, 3.63) is 46.8 Å². The highest BCUT2D eigenvalue weighted by Gasteiger charge is 2.39. The Kier molecular flexibility index (Phi) is 3.57. The van der Waals surface area contributed by atoms with Gasteiger partial charge in [0.2, 0.25) is 0 Å². The van der Waals surface area contributed by atoms with Crippen LogP contribution < -0.4 is 0 Å². The molecule has 2 aliphatic rings. The van der Waals surface area contributed by atoms with E-state index in [2.05, 4.69) is 0 Å². The molecule has 3 nitrogen and oxygen atoms in total. The summed E-state index contributed by atoms with van der Waals surface area (Å²) in [5.41, 5.74) is 3.00. The molecule has 1 unspecified atom stereocenters. The van der Waals surface area contributed by atoms with Crippen LogP contribution in [0.3, 0.4) is 0 Å². The molecule has 3 rings (SSSR count). The fourth-order valence-electron chi connectivity index (χ4n) is 3.12. The third-order valence-corrected chi connectivity index (χ3v) is 4.10. The van der Waals surface area contributed by atoms with Gasteiger partial charge >= 0.3 is 0 Å². The van der Waals surface area contributed by atoms with Gasteiger partial charge in [-0.15, -0.1) is 0 Å². The molecule has 1 aliphatic heterocycles. The molecule has 0 radical (unpaired) electrons. The first kappa shape index (κ1) is 13.3. The monoisotopic (exact) mass is 275 g/mol. The molecule has 1 atom stereocenters. The summed E-state index contributed by atoms with van der Waals surface area (Å²) < 4.78 is 18.5. The highest BCUT2D eigenvalue weighted by Crippen LogP contribution is 2.37. The number of carbonyl (C=O) groups is 1. The van der Waals surface area contributed by atoms with Crippen molar-refractivity contribution in [3.63, 3.8) is 0 Å². The fourth-order valence-corrected chi connectivity index (χ4v) is 3.12. The fraction of sp³-hybridized carbons (Fsp3) is 0.438. The summed E-state index contributed by atoms with van der Waals surface area (Å²) in [5.74, 6) is -0.182. The van der Waals surface area contributed by atoms with Crippen LogP contribution in [-0.4, -0.2) is 24.1 Å². The maximum atomic E-state index is 12.9. The Morgan fingerprint density at radius 3 is 2.65 bits per heavy atom. The van der Waals surface area contributed by atoms with Gasteiger partial charge in [0.15, 0.2) is 6.23 Å². The Morgan fingerprint density at radius 1 is 1.25 bits per heavy atom. The molecule has 1 heterocycles. The van der Waals surface area contributed by atoms with Crippen molar-refractivity contribution in [2.24, 2.45) is 0 Å². The van der Waals surface area contributed by atoms with Gasteiger partial charge in [0.1, 0.15) is 5.82 Å². The first-order chi connectivity index (χ1) is 9.70. The van der Waals surface area contributed by atoms with Gasteiger partial charge in [0, 0.05) is 19.2 Å². The van der Waals surface area contributed by atoms with Gasteiger partial charge in [-0.3, -0.25) is 4.79 Å². The maximum Gasteiger partial charge on any atom is 0.252 e. The molecule has 106 valence electrons. The number of nitrogens with zero attached hydrogens (tertiary/aromatic N) is 1. The zero-order chi connectivity index (χ0) is 14.1. The zero-order valence-corrected chi connectivity index (χ0v) is 11.6. The highest BCUT2D eigenvalue weighted by molar-refractivity contribution is 5.97. The molecule has 0 N–H and O–H groups in total. The predicted octanol–water partition coefficient (Wildman–Crippen LogP) is 3.01. The van der Waals surface area contributed by atoms with Crippen LogP contribution in [0.1, 0.15) is 31.2 Å². The molecule has 0 fully saturated rings. The van der Waals surface area contributed by atoms with E-state index in [4.69, 9.17) is 4.74 Å². The number of methoxy groups -OCH3 is 1. The average Bonchev–Trinajstić information content (AvgIpc) is 2.74. The van der Waals surface area contributed by atoms with Crippen molar-refractivity contribution >= 4 is 5.91 Å². The van der Waals surface area contributed by atoms with Crippen LogP contribution in [0.5, 0.6) is 0 Å².